The van der Waals surface area contributed by atoms with E-state index < -0.39 is 5.63 Å². The third-order valence-electron chi connectivity index (χ3n) is 4.24. The highest BCUT2D eigenvalue weighted by molar-refractivity contribution is 7.99. The number of carbonyl (C=O) groups is 1. The fourth-order valence-electron chi connectivity index (χ4n) is 2.64. The zero-order valence-corrected chi connectivity index (χ0v) is 15.9. The SMILES string of the molecule is Cc1cc2oc(=O)cc(COC(=O)CSCc3ccc(F)cc3)c2cc1C. The van der Waals surface area contributed by atoms with Gasteiger partial charge in [-0.2, -0.15) is 0 Å². The van der Waals surface area contributed by atoms with E-state index in [0.29, 0.717) is 16.9 Å². The van der Waals surface area contributed by atoms with Gasteiger partial charge in [0.25, 0.3) is 0 Å². The first kappa shape index (κ1) is 19.2. The fraction of sp³-hybridized carbons (Fsp3) is 0.238. The van der Waals surface area contributed by atoms with Crippen LogP contribution in [0.2, 0.25) is 0 Å². The summed E-state index contributed by atoms with van der Waals surface area (Å²) in [5, 5.41) is 0.768. The summed E-state index contributed by atoms with van der Waals surface area (Å²) in [6.07, 6.45) is 0. The summed E-state index contributed by atoms with van der Waals surface area (Å²) in [6.45, 7) is 3.93. The number of thioether (sulfide) groups is 1. The molecule has 0 spiro atoms. The van der Waals surface area contributed by atoms with Crippen molar-refractivity contribution in [3.05, 3.63) is 81.0 Å². The van der Waals surface area contributed by atoms with E-state index in [-0.39, 0.29) is 24.1 Å². The summed E-state index contributed by atoms with van der Waals surface area (Å²) in [6, 6.07) is 11.3. The minimum Gasteiger partial charge on any atom is -0.460 e. The normalized spacial score (nSPS) is 10.9. The van der Waals surface area contributed by atoms with Crippen molar-refractivity contribution in [2.24, 2.45) is 0 Å². The Morgan fingerprint density at radius 2 is 1.81 bits per heavy atom. The van der Waals surface area contributed by atoms with Crippen LogP contribution in [0.3, 0.4) is 0 Å². The minimum absolute atomic E-state index is 0.0144. The fourth-order valence-corrected chi connectivity index (χ4v) is 3.42. The van der Waals surface area contributed by atoms with Gasteiger partial charge in [0.15, 0.2) is 0 Å². The van der Waals surface area contributed by atoms with Crippen molar-refractivity contribution in [3.8, 4) is 0 Å². The van der Waals surface area contributed by atoms with Crippen LogP contribution in [0.5, 0.6) is 0 Å². The van der Waals surface area contributed by atoms with Crippen molar-refractivity contribution in [2.75, 3.05) is 5.75 Å². The van der Waals surface area contributed by atoms with E-state index in [2.05, 4.69) is 0 Å². The molecule has 1 heterocycles. The lowest BCUT2D eigenvalue weighted by Crippen LogP contribution is -2.09. The second kappa shape index (κ2) is 8.39. The molecular weight excluding hydrogens is 367 g/mol. The molecule has 4 nitrogen and oxygen atoms in total. The number of halogens is 1. The van der Waals surface area contributed by atoms with Crippen LogP contribution >= 0.6 is 11.8 Å². The van der Waals surface area contributed by atoms with Crippen LogP contribution in [0.4, 0.5) is 4.39 Å². The average molecular weight is 386 g/mol. The van der Waals surface area contributed by atoms with Gasteiger partial charge < -0.3 is 9.15 Å². The molecular formula is C21H19FO4S. The Labute approximate surface area is 160 Å². The molecule has 6 heteroatoms. The lowest BCUT2D eigenvalue weighted by Gasteiger charge is -2.09. The Morgan fingerprint density at radius 3 is 2.56 bits per heavy atom. The molecule has 0 radical (unpaired) electrons. The van der Waals surface area contributed by atoms with Crippen LogP contribution in [0.15, 0.2) is 51.7 Å². The topological polar surface area (TPSA) is 56.5 Å². The molecule has 0 aliphatic heterocycles. The van der Waals surface area contributed by atoms with Gasteiger partial charge in [-0.25, -0.2) is 9.18 Å². The molecule has 0 saturated carbocycles. The van der Waals surface area contributed by atoms with Crippen molar-refractivity contribution < 1.29 is 18.3 Å². The van der Waals surface area contributed by atoms with Gasteiger partial charge in [0.2, 0.25) is 0 Å². The van der Waals surface area contributed by atoms with Crippen LogP contribution in [-0.2, 0) is 21.9 Å². The van der Waals surface area contributed by atoms with Gasteiger partial charge in [-0.3, -0.25) is 4.79 Å². The van der Waals surface area contributed by atoms with Crippen LogP contribution in [0.25, 0.3) is 11.0 Å². The number of ether oxygens (including phenoxy) is 1. The van der Waals surface area contributed by atoms with E-state index in [1.54, 1.807) is 12.1 Å². The number of carbonyl (C=O) groups excluding carboxylic acids is 1. The molecule has 0 bridgehead atoms. The maximum atomic E-state index is 12.9. The second-order valence-corrected chi connectivity index (χ2v) is 7.29. The molecule has 140 valence electrons. The van der Waals surface area contributed by atoms with Crippen LogP contribution in [-0.4, -0.2) is 11.7 Å². The lowest BCUT2D eigenvalue weighted by atomic mass is 10.0. The summed E-state index contributed by atoms with van der Waals surface area (Å²) >= 11 is 1.39. The molecule has 0 unspecified atom stereocenters. The van der Waals surface area contributed by atoms with Gasteiger partial charge in [0.1, 0.15) is 18.0 Å². The third kappa shape index (κ3) is 4.98. The summed E-state index contributed by atoms with van der Waals surface area (Å²) in [7, 11) is 0. The number of hydrogen-bond acceptors (Lipinski definition) is 5. The number of hydrogen-bond donors (Lipinski definition) is 0. The first-order chi connectivity index (χ1) is 12.9. The van der Waals surface area contributed by atoms with E-state index in [0.717, 1.165) is 22.1 Å². The number of esters is 1. The van der Waals surface area contributed by atoms with Crippen molar-refractivity contribution in [3.63, 3.8) is 0 Å². The molecule has 0 amide bonds. The highest BCUT2D eigenvalue weighted by Crippen LogP contribution is 2.22. The first-order valence-electron chi connectivity index (χ1n) is 8.44. The van der Waals surface area contributed by atoms with Crippen molar-refractivity contribution in [1.82, 2.24) is 0 Å². The summed E-state index contributed by atoms with van der Waals surface area (Å²) < 4.78 is 23.4. The predicted molar refractivity (Wildman–Crippen MR) is 104 cm³/mol. The van der Waals surface area contributed by atoms with Crippen LogP contribution in [0.1, 0.15) is 22.3 Å². The Kier molecular flexibility index (Phi) is 5.96. The van der Waals surface area contributed by atoms with E-state index in [1.807, 2.05) is 26.0 Å². The monoisotopic (exact) mass is 386 g/mol. The summed E-state index contributed by atoms with van der Waals surface area (Å²) in [5.41, 5.74) is 3.67. The molecule has 0 N–H and O–H groups in total. The van der Waals surface area contributed by atoms with Crippen molar-refractivity contribution in [2.45, 2.75) is 26.2 Å². The predicted octanol–water partition coefficient (Wildman–Crippen LogP) is 4.53. The number of fused-ring (bicyclic) bond motifs is 1. The van der Waals surface area contributed by atoms with Crippen molar-refractivity contribution >= 4 is 28.7 Å². The molecule has 0 atom stereocenters. The van der Waals surface area contributed by atoms with Crippen LogP contribution < -0.4 is 5.63 Å². The van der Waals surface area contributed by atoms with Crippen LogP contribution in [0, 0.1) is 19.7 Å². The molecule has 0 aliphatic rings. The standard InChI is InChI=1S/C21H19FO4S/c1-13-7-18-16(9-20(23)26-19(18)8-14(13)2)10-25-21(24)12-27-11-15-3-5-17(22)6-4-15/h3-9H,10-12H2,1-2H3. The molecule has 0 fully saturated rings. The summed E-state index contributed by atoms with van der Waals surface area (Å²) in [4.78, 5) is 23.8. The maximum absolute atomic E-state index is 12.9. The molecule has 1 aromatic heterocycles. The van der Waals surface area contributed by atoms with E-state index in [9.17, 15) is 14.0 Å². The summed E-state index contributed by atoms with van der Waals surface area (Å²) in [5.74, 6) is 0.112. The largest absolute Gasteiger partial charge is 0.460 e. The molecule has 2 aromatic carbocycles. The van der Waals surface area contributed by atoms with E-state index in [4.69, 9.17) is 9.15 Å². The van der Waals surface area contributed by atoms with Gasteiger partial charge in [-0.15, -0.1) is 11.8 Å². The van der Waals surface area contributed by atoms with Gasteiger partial charge in [0.05, 0.1) is 5.75 Å². The number of benzene rings is 2. The molecule has 3 rings (SSSR count). The lowest BCUT2D eigenvalue weighted by molar-refractivity contribution is -0.141. The third-order valence-corrected chi connectivity index (χ3v) is 5.21. The van der Waals surface area contributed by atoms with Gasteiger partial charge >= 0.3 is 11.6 Å². The van der Waals surface area contributed by atoms with Gasteiger partial charge in [0, 0.05) is 22.8 Å². The molecule has 0 saturated heterocycles. The Balaban J connectivity index is 1.60. The van der Waals surface area contributed by atoms with Gasteiger partial charge in [-0.1, -0.05) is 12.1 Å². The Morgan fingerprint density at radius 1 is 1.11 bits per heavy atom. The highest BCUT2D eigenvalue weighted by Gasteiger charge is 2.11. The smallest absolute Gasteiger partial charge is 0.336 e. The quantitative estimate of drug-likeness (QED) is 0.460. The first-order valence-corrected chi connectivity index (χ1v) is 9.59. The van der Waals surface area contributed by atoms with E-state index in [1.165, 1.54) is 30.0 Å². The van der Waals surface area contributed by atoms with Gasteiger partial charge in [-0.05, 0) is 54.8 Å². The average Bonchev–Trinajstić information content (AvgIpc) is 2.63. The zero-order valence-electron chi connectivity index (χ0n) is 15.1. The number of aryl methyl sites for hydroxylation is 2. The molecule has 0 aliphatic carbocycles. The van der Waals surface area contributed by atoms with E-state index >= 15 is 0 Å². The Hall–Kier alpha value is -2.60. The molecule has 3 aromatic rings. The molecule has 27 heavy (non-hydrogen) atoms. The zero-order chi connectivity index (χ0) is 19.4. The highest BCUT2D eigenvalue weighted by atomic mass is 32.2. The second-order valence-electron chi connectivity index (χ2n) is 6.30. The maximum Gasteiger partial charge on any atom is 0.336 e. The Bertz CT molecular complexity index is 1020. The number of rotatable bonds is 6. The minimum atomic E-state index is -0.470. The van der Waals surface area contributed by atoms with Crippen molar-refractivity contribution in [1.29, 1.82) is 0 Å².